The number of hydrogen-bond acceptors (Lipinski definition) is 3. The van der Waals surface area contributed by atoms with Crippen molar-refractivity contribution in [1.82, 2.24) is 10.2 Å². The van der Waals surface area contributed by atoms with E-state index < -0.39 is 0 Å². The SMILES string of the molecule is Nc1cc(C2CCO2)[nH]n1. The van der Waals surface area contributed by atoms with E-state index in [-0.39, 0.29) is 6.10 Å². The summed E-state index contributed by atoms with van der Waals surface area (Å²) in [5, 5.41) is 6.60. The van der Waals surface area contributed by atoms with Crippen LogP contribution >= 0.6 is 0 Å². The fourth-order valence-electron chi connectivity index (χ4n) is 0.999. The van der Waals surface area contributed by atoms with E-state index in [0.29, 0.717) is 5.82 Å². The molecule has 1 aliphatic rings. The minimum absolute atomic E-state index is 0.213. The van der Waals surface area contributed by atoms with Crippen LogP contribution in [0.4, 0.5) is 5.82 Å². The molecule has 4 nitrogen and oxygen atoms in total. The molecule has 3 N–H and O–H groups in total. The normalized spacial score (nSPS) is 24.2. The maximum Gasteiger partial charge on any atom is 0.145 e. The summed E-state index contributed by atoms with van der Waals surface area (Å²) in [5.41, 5.74) is 6.39. The van der Waals surface area contributed by atoms with Crippen molar-refractivity contribution < 1.29 is 4.74 Å². The minimum Gasteiger partial charge on any atom is -0.382 e. The zero-order valence-corrected chi connectivity index (χ0v) is 5.50. The molecule has 1 aliphatic heterocycles. The Morgan fingerprint density at radius 3 is 3.00 bits per heavy atom. The van der Waals surface area contributed by atoms with Gasteiger partial charge in [0, 0.05) is 12.5 Å². The third kappa shape index (κ3) is 0.769. The second kappa shape index (κ2) is 1.98. The predicted octanol–water partition coefficient (Wildman–Crippen LogP) is 0.453. The highest BCUT2D eigenvalue weighted by Crippen LogP contribution is 2.27. The van der Waals surface area contributed by atoms with Crippen molar-refractivity contribution in [3.63, 3.8) is 0 Å². The largest absolute Gasteiger partial charge is 0.382 e. The van der Waals surface area contributed by atoms with Crippen LogP contribution < -0.4 is 5.73 Å². The first-order chi connectivity index (χ1) is 4.86. The highest BCUT2D eigenvalue weighted by Gasteiger charge is 2.21. The summed E-state index contributed by atoms with van der Waals surface area (Å²) in [7, 11) is 0. The first-order valence-electron chi connectivity index (χ1n) is 3.28. The Hall–Kier alpha value is -1.03. The summed E-state index contributed by atoms with van der Waals surface area (Å²) in [4.78, 5) is 0. The maximum atomic E-state index is 5.40. The van der Waals surface area contributed by atoms with Crippen LogP contribution in [0.25, 0.3) is 0 Å². The van der Waals surface area contributed by atoms with Crippen LogP contribution in [0.3, 0.4) is 0 Å². The van der Waals surface area contributed by atoms with Crippen LogP contribution in [-0.4, -0.2) is 16.8 Å². The van der Waals surface area contributed by atoms with Crippen molar-refractivity contribution in [2.45, 2.75) is 12.5 Å². The van der Waals surface area contributed by atoms with E-state index in [2.05, 4.69) is 10.2 Å². The topological polar surface area (TPSA) is 63.9 Å². The summed E-state index contributed by atoms with van der Waals surface area (Å²) in [5.74, 6) is 0.533. The van der Waals surface area contributed by atoms with Gasteiger partial charge in [-0.3, -0.25) is 5.10 Å². The molecule has 0 aliphatic carbocycles. The van der Waals surface area contributed by atoms with Gasteiger partial charge in [-0.15, -0.1) is 0 Å². The molecule has 1 saturated heterocycles. The van der Waals surface area contributed by atoms with Gasteiger partial charge in [0.15, 0.2) is 0 Å². The Morgan fingerprint density at radius 2 is 2.60 bits per heavy atom. The molecule has 2 heterocycles. The van der Waals surface area contributed by atoms with Gasteiger partial charge >= 0.3 is 0 Å². The number of H-pyrrole nitrogens is 1. The molecule has 0 saturated carbocycles. The number of hydrogen-bond donors (Lipinski definition) is 2. The van der Waals surface area contributed by atoms with E-state index >= 15 is 0 Å². The quantitative estimate of drug-likeness (QED) is 0.593. The molecule has 1 aromatic heterocycles. The first kappa shape index (κ1) is 5.73. The van der Waals surface area contributed by atoms with E-state index in [9.17, 15) is 0 Å². The van der Waals surface area contributed by atoms with E-state index in [1.807, 2.05) is 6.07 Å². The zero-order chi connectivity index (χ0) is 6.97. The van der Waals surface area contributed by atoms with Gasteiger partial charge in [-0.1, -0.05) is 0 Å². The maximum absolute atomic E-state index is 5.40. The minimum atomic E-state index is 0.213. The van der Waals surface area contributed by atoms with Crippen LogP contribution in [0.15, 0.2) is 6.07 Å². The lowest BCUT2D eigenvalue weighted by atomic mass is 10.1. The molecule has 0 aromatic carbocycles. The molecule has 2 rings (SSSR count). The number of rotatable bonds is 1. The van der Waals surface area contributed by atoms with Crippen LogP contribution in [0.1, 0.15) is 18.2 Å². The van der Waals surface area contributed by atoms with Crippen molar-refractivity contribution in [3.05, 3.63) is 11.8 Å². The lowest BCUT2D eigenvalue weighted by Gasteiger charge is -2.24. The summed E-state index contributed by atoms with van der Waals surface area (Å²) >= 11 is 0. The number of aromatic amines is 1. The molecule has 1 aromatic rings. The van der Waals surface area contributed by atoms with E-state index in [0.717, 1.165) is 18.7 Å². The molecule has 1 unspecified atom stereocenters. The molecule has 1 atom stereocenters. The number of ether oxygens (including phenoxy) is 1. The second-order valence-corrected chi connectivity index (χ2v) is 2.40. The van der Waals surface area contributed by atoms with Gasteiger partial charge < -0.3 is 10.5 Å². The third-order valence-electron chi connectivity index (χ3n) is 1.66. The molecule has 54 valence electrons. The van der Waals surface area contributed by atoms with Gasteiger partial charge in [-0.2, -0.15) is 5.10 Å². The zero-order valence-electron chi connectivity index (χ0n) is 5.50. The van der Waals surface area contributed by atoms with Gasteiger partial charge in [0.05, 0.1) is 12.3 Å². The van der Waals surface area contributed by atoms with Crippen molar-refractivity contribution in [3.8, 4) is 0 Å². The van der Waals surface area contributed by atoms with Crippen molar-refractivity contribution in [2.24, 2.45) is 0 Å². The predicted molar refractivity (Wildman–Crippen MR) is 36.3 cm³/mol. The summed E-state index contributed by atoms with van der Waals surface area (Å²) in [6.07, 6.45) is 1.28. The number of nitrogen functional groups attached to an aromatic ring is 1. The smallest absolute Gasteiger partial charge is 0.145 e. The van der Waals surface area contributed by atoms with E-state index in [4.69, 9.17) is 10.5 Å². The average molecular weight is 139 g/mol. The number of nitrogens with two attached hydrogens (primary N) is 1. The Kier molecular flexibility index (Phi) is 1.14. The Balaban J connectivity index is 2.17. The van der Waals surface area contributed by atoms with Crippen molar-refractivity contribution >= 4 is 5.82 Å². The lowest BCUT2D eigenvalue weighted by molar-refractivity contribution is -0.0552. The molecule has 0 spiro atoms. The van der Waals surface area contributed by atoms with E-state index in [1.54, 1.807) is 0 Å². The fraction of sp³-hybridized carbons (Fsp3) is 0.500. The average Bonchev–Trinajstić information content (AvgIpc) is 2.10. The Labute approximate surface area is 58.4 Å². The molecule has 0 bridgehead atoms. The molecule has 0 radical (unpaired) electrons. The number of nitrogens with one attached hydrogen (secondary N) is 1. The molecule has 10 heavy (non-hydrogen) atoms. The molecular formula is C6H9N3O. The van der Waals surface area contributed by atoms with Gasteiger partial charge in [-0.25, -0.2) is 0 Å². The molecule has 1 fully saturated rings. The molecule has 0 amide bonds. The number of anilines is 1. The van der Waals surface area contributed by atoms with Crippen molar-refractivity contribution in [1.29, 1.82) is 0 Å². The third-order valence-corrected chi connectivity index (χ3v) is 1.66. The molecular weight excluding hydrogens is 130 g/mol. The van der Waals surface area contributed by atoms with Crippen LogP contribution in [0, 0.1) is 0 Å². The van der Waals surface area contributed by atoms with Gasteiger partial charge in [-0.05, 0) is 0 Å². The standard InChI is InChI=1S/C6H9N3O/c7-6-3-4(8-9-6)5-1-2-10-5/h3,5H,1-2H2,(H3,7,8,9). The number of nitrogens with zero attached hydrogens (tertiary/aromatic N) is 1. The van der Waals surface area contributed by atoms with Crippen LogP contribution in [-0.2, 0) is 4.74 Å². The van der Waals surface area contributed by atoms with Gasteiger partial charge in [0.25, 0.3) is 0 Å². The lowest BCUT2D eigenvalue weighted by Crippen LogP contribution is -2.18. The first-order valence-corrected chi connectivity index (χ1v) is 3.28. The van der Waals surface area contributed by atoms with Crippen LogP contribution in [0.5, 0.6) is 0 Å². The van der Waals surface area contributed by atoms with Crippen molar-refractivity contribution in [2.75, 3.05) is 12.3 Å². The second-order valence-electron chi connectivity index (χ2n) is 2.40. The van der Waals surface area contributed by atoms with Crippen LogP contribution in [0.2, 0.25) is 0 Å². The summed E-state index contributed by atoms with van der Waals surface area (Å²) in [6.45, 7) is 0.851. The Morgan fingerprint density at radius 1 is 1.80 bits per heavy atom. The Bertz CT molecular complexity index is 229. The highest BCUT2D eigenvalue weighted by molar-refractivity contribution is 5.29. The van der Waals surface area contributed by atoms with Gasteiger partial charge in [0.2, 0.25) is 0 Å². The fourth-order valence-corrected chi connectivity index (χ4v) is 0.999. The number of aromatic nitrogens is 2. The van der Waals surface area contributed by atoms with E-state index in [1.165, 1.54) is 0 Å². The summed E-state index contributed by atoms with van der Waals surface area (Å²) in [6, 6.07) is 1.81. The monoisotopic (exact) mass is 139 g/mol. The summed E-state index contributed by atoms with van der Waals surface area (Å²) < 4.78 is 5.20. The molecule has 4 heteroatoms. The van der Waals surface area contributed by atoms with Gasteiger partial charge in [0.1, 0.15) is 11.9 Å². The highest BCUT2D eigenvalue weighted by atomic mass is 16.5.